The molecular weight excluding hydrogens is 911 g/mol. The molecular formula is C70H49N3Si. The van der Waals surface area contributed by atoms with Crippen molar-refractivity contribution in [2.45, 2.75) is 0 Å². The molecule has 1 aliphatic heterocycles. The lowest BCUT2D eigenvalue weighted by Crippen LogP contribution is -2.77. The van der Waals surface area contributed by atoms with Crippen LogP contribution >= 0.6 is 0 Å². The molecule has 0 fully saturated rings. The first-order valence-electron chi connectivity index (χ1n) is 25.5. The molecule has 2 heterocycles. The summed E-state index contributed by atoms with van der Waals surface area (Å²) in [7, 11) is -3.39. The van der Waals surface area contributed by atoms with Crippen LogP contribution < -0.4 is 30.5 Å². The minimum Gasteiger partial charge on any atom is -0.311 e. The maximum absolute atomic E-state index is 3.39. The molecule has 0 amide bonds. The number of rotatable bonds is 9. The van der Waals surface area contributed by atoms with E-state index in [-0.39, 0.29) is 0 Å². The Morgan fingerprint density at radius 1 is 0.311 bits per heavy atom. The van der Waals surface area contributed by atoms with Gasteiger partial charge in [-0.2, -0.15) is 0 Å². The van der Waals surface area contributed by atoms with E-state index in [1.807, 2.05) is 0 Å². The van der Waals surface area contributed by atoms with Crippen LogP contribution in [0.5, 0.6) is 0 Å². The fourth-order valence-electron chi connectivity index (χ4n) is 12.1. The van der Waals surface area contributed by atoms with E-state index >= 15 is 0 Å². The van der Waals surface area contributed by atoms with Crippen LogP contribution in [-0.2, 0) is 0 Å². The highest BCUT2D eigenvalue weighted by molar-refractivity contribution is 7.23. The van der Waals surface area contributed by atoms with Crippen LogP contribution in [-0.4, -0.2) is 12.6 Å². The second-order valence-electron chi connectivity index (χ2n) is 19.2. The zero-order valence-electron chi connectivity index (χ0n) is 40.6. The lowest BCUT2D eigenvalue weighted by Gasteiger charge is -2.46. The summed E-state index contributed by atoms with van der Waals surface area (Å²) in [5.41, 5.74) is 12.6. The van der Waals surface area contributed by atoms with E-state index in [0.717, 1.165) is 39.9 Å². The van der Waals surface area contributed by atoms with Gasteiger partial charge in [0.05, 0.1) is 5.52 Å². The van der Waals surface area contributed by atoms with E-state index < -0.39 is 8.07 Å². The van der Waals surface area contributed by atoms with Gasteiger partial charge in [0.1, 0.15) is 5.82 Å². The first kappa shape index (κ1) is 43.3. The van der Waals surface area contributed by atoms with E-state index in [1.165, 1.54) is 75.4 Å². The van der Waals surface area contributed by atoms with Crippen LogP contribution in [0.2, 0.25) is 0 Å². The van der Waals surface area contributed by atoms with Gasteiger partial charge in [-0.1, -0.05) is 231 Å². The topological polar surface area (TPSA) is 11.4 Å². The summed E-state index contributed by atoms with van der Waals surface area (Å²) >= 11 is 0. The number of anilines is 6. The third-order valence-corrected chi connectivity index (χ3v) is 20.1. The Hall–Kier alpha value is -9.48. The molecule has 74 heavy (non-hydrogen) atoms. The number of aromatic nitrogens is 1. The molecule has 14 rings (SSSR count). The van der Waals surface area contributed by atoms with Crippen LogP contribution in [0.15, 0.2) is 297 Å². The molecule has 4 heteroatoms. The standard InChI is InChI=1S/C70H49N3Si/c1-5-26-54(27-6-1)72-65-39-18-17-36-64(65)68-70(72)73(55-28-7-2-8-29-55)67-41-21-40-66(69(67)74(68,58-30-9-3-10-31-58)59-32-11-4-12-33-59)71(56-46-42-52(43-47-56)62-37-19-24-50-22-13-15-34-60(50)62)57-48-44-53(45-49-57)63-38-20-25-51-23-14-16-35-61(51)63/h1-49H. The Kier molecular flexibility index (Phi) is 10.5. The molecule has 13 aromatic rings. The van der Waals surface area contributed by atoms with Crippen LogP contribution in [0, 0.1) is 0 Å². The SMILES string of the molecule is c1ccc(N2c3cccc(N(c4ccc(-c5cccc6ccccc56)cc4)c4ccc(-c5cccc6ccccc56)cc4)c3[Si](c3ccccc3)(c3ccccc3)c3c2n(-c2ccccc2)c2ccccc32)cc1. The van der Waals surface area contributed by atoms with Crippen LogP contribution in [0.1, 0.15) is 0 Å². The molecule has 0 aliphatic carbocycles. The van der Waals surface area contributed by atoms with Crippen molar-refractivity contribution in [3.8, 4) is 27.9 Å². The first-order valence-corrected chi connectivity index (χ1v) is 27.5. The van der Waals surface area contributed by atoms with Crippen LogP contribution in [0.25, 0.3) is 60.4 Å². The van der Waals surface area contributed by atoms with Gasteiger partial charge >= 0.3 is 0 Å². The predicted molar refractivity (Wildman–Crippen MR) is 316 cm³/mol. The molecule has 0 atom stereocenters. The maximum Gasteiger partial charge on any atom is 0.189 e. The van der Waals surface area contributed by atoms with E-state index in [9.17, 15) is 0 Å². The van der Waals surface area contributed by atoms with Gasteiger partial charge in [0, 0.05) is 49.9 Å². The number of nitrogens with zero attached hydrogens (tertiary/aromatic N) is 3. The van der Waals surface area contributed by atoms with Gasteiger partial charge in [-0.15, -0.1) is 0 Å². The summed E-state index contributed by atoms with van der Waals surface area (Å²) in [6, 6.07) is 110. The highest BCUT2D eigenvalue weighted by Gasteiger charge is 2.54. The molecule has 0 bridgehead atoms. The van der Waals surface area contributed by atoms with Crippen molar-refractivity contribution in [2.75, 3.05) is 9.80 Å². The van der Waals surface area contributed by atoms with Crippen LogP contribution in [0.4, 0.5) is 34.3 Å². The van der Waals surface area contributed by atoms with E-state index in [2.05, 4.69) is 312 Å². The second-order valence-corrected chi connectivity index (χ2v) is 22.8. The van der Waals surface area contributed by atoms with Gasteiger partial charge in [-0.3, -0.25) is 9.47 Å². The quantitative estimate of drug-likeness (QED) is 0.134. The molecule has 12 aromatic carbocycles. The molecule has 348 valence electrons. The Bertz CT molecular complexity index is 4000. The van der Waals surface area contributed by atoms with Gasteiger partial charge in [0.15, 0.2) is 8.07 Å². The Morgan fingerprint density at radius 3 is 1.28 bits per heavy atom. The molecule has 0 unspecified atom stereocenters. The molecule has 0 saturated heterocycles. The molecule has 0 radical (unpaired) electrons. The minimum absolute atomic E-state index is 1.08. The van der Waals surface area contributed by atoms with Crippen molar-refractivity contribution in [3.63, 3.8) is 0 Å². The molecule has 0 N–H and O–H groups in total. The highest BCUT2D eigenvalue weighted by Crippen LogP contribution is 2.47. The average Bonchev–Trinajstić information content (AvgIpc) is 3.90. The number of fused-ring (bicyclic) bond motifs is 6. The molecule has 1 aromatic heterocycles. The van der Waals surface area contributed by atoms with E-state index in [4.69, 9.17) is 0 Å². The van der Waals surface area contributed by atoms with Crippen molar-refractivity contribution in [3.05, 3.63) is 297 Å². The number of hydrogen-bond donors (Lipinski definition) is 0. The lowest BCUT2D eigenvalue weighted by molar-refractivity contribution is 1.08. The first-order chi connectivity index (χ1) is 36.8. The number of para-hydroxylation sites is 3. The van der Waals surface area contributed by atoms with Crippen molar-refractivity contribution < 1.29 is 0 Å². The van der Waals surface area contributed by atoms with Gasteiger partial charge in [0.25, 0.3) is 0 Å². The Labute approximate surface area is 432 Å². The largest absolute Gasteiger partial charge is 0.311 e. The van der Waals surface area contributed by atoms with Gasteiger partial charge in [-0.05, 0) is 121 Å². The number of benzene rings is 12. The van der Waals surface area contributed by atoms with Crippen molar-refractivity contribution in [1.29, 1.82) is 0 Å². The average molecular weight is 960 g/mol. The zero-order valence-corrected chi connectivity index (χ0v) is 41.6. The summed E-state index contributed by atoms with van der Waals surface area (Å²) in [5, 5.41) is 11.5. The van der Waals surface area contributed by atoms with Crippen LogP contribution in [0.3, 0.4) is 0 Å². The van der Waals surface area contributed by atoms with Crippen molar-refractivity contribution >= 4 is 95.5 Å². The van der Waals surface area contributed by atoms with Crippen molar-refractivity contribution in [2.24, 2.45) is 0 Å². The van der Waals surface area contributed by atoms with Crippen molar-refractivity contribution in [1.82, 2.24) is 4.57 Å². The molecule has 0 saturated carbocycles. The van der Waals surface area contributed by atoms with E-state index in [0.29, 0.717) is 0 Å². The third-order valence-electron chi connectivity index (χ3n) is 15.2. The summed E-state index contributed by atoms with van der Waals surface area (Å²) < 4.78 is 2.52. The smallest absolute Gasteiger partial charge is 0.189 e. The normalized spacial score (nSPS) is 12.7. The van der Waals surface area contributed by atoms with Gasteiger partial charge in [0.2, 0.25) is 0 Å². The molecule has 1 aliphatic rings. The fraction of sp³-hybridized carbons (Fsp3) is 0. The second kappa shape index (κ2) is 18.0. The Morgan fingerprint density at radius 2 is 0.743 bits per heavy atom. The summed E-state index contributed by atoms with van der Waals surface area (Å²) in [6.07, 6.45) is 0. The number of hydrogen-bond acceptors (Lipinski definition) is 2. The molecule has 3 nitrogen and oxygen atoms in total. The minimum atomic E-state index is -3.39. The monoisotopic (exact) mass is 959 g/mol. The van der Waals surface area contributed by atoms with Gasteiger partial charge < -0.3 is 4.90 Å². The zero-order chi connectivity index (χ0) is 49.0. The predicted octanol–water partition coefficient (Wildman–Crippen LogP) is 15.9. The fourth-order valence-corrected chi connectivity index (χ4v) is 17.5. The Balaban J connectivity index is 1.10. The summed E-state index contributed by atoms with van der Waals surface area (Å²) in [5.74, 6) is 1.16. The maximum atomic E-state index is 2.56. The highest BCUT2D eigenvalue weighted by atomic mass is 28.3. The third kappa shape index (κ3) is 6.87. The lowest BCUT2D eigenvalue weighted by atomic mass is 9.97. The molecule has 0 spiro atoms. The summed E-state index contributed by atoms with van der Waals surface area (Å²) in [6.45, 7) is 0. The van der Waals surface area contributed by atoms with Gasteiger partial charge in [-0.25, -0.2) is 0 Å². The summed E-state index contributed by atoms with van der Waals surface area (Å²) in [4.78, 5) is 5.10. The van der Waals surface area contributed by atoms with E-state index in [1.54, 1.807) is 0 Å².